The Morgan fingerprint density at radius 3 is 1.12 bits per heavy atom. The number of ether oxygens (including phenoxy) is 2. The van der Waals surface area contributed by atoms with Gasteiger partial charge >= 0.3 is 0 Å². The summed E-state index contributed by atoms with van der Waals surface area (Å²) in [5, 5.41) is 37.2. The highest BCUT2D eigenvalue weighted by Crippen LogP contribution is 2.24. The summed E-state index contributed by atoms with van der Waals surface area (Å²) in [6.45, 7) is 14.2. The minimum absolute atomic E-state index is 0. The first-order valence-corrected chi connectivity index (χ1v) is 16.9. The van der Waals surface area contributed by atoms with E-state index in [-0.39, 0.29) is 48.7 Å². The molecule has 9 heteroatoms. The lowest BCUT2D eigenvalue weighted by Gasteiger charge is -2.34. The zero-order valence-corrected chi connectivity index (χ0v) is 21.5. The van der Waals surface area contributed by atoms with Gasteiger partial charge in [-0.2, -0.15) is 0 Å². The maximum atomic E-state index is 9.29. The van der Waals surface area contributed by atoms with Crippen molar-refractivity contribution in [3.8, 4) is 0 Å². The summed E-state index contributed by atoms with van der Waals surface area (Å²) in [5.41, 5.74) is -1.15. The van der Waals surface area contributed by atoms with Crippen LogP contribution in [0.2, 0.25) is 38.3 Å². The molecule has 0 rings (SSSR count). The largest absolute Gasteiger partial charge is 0.455 e. The lowest BCUT2D eigenvalue weighted by molar-refractivity contribution is -0.0160. The highest BCUT2D eigenvalue weighted by molar-refractivity contribution is 6.84. The Hall–Kier alpha value is 0.154. The van der Waals surface area contributed by atoms with Crippen LogP contribution in [-0.4, -0.2) is 89.9 Å². The van der Waals surface area contributed by atoms with Gasteiger partial charge in [0.05, 0.1) is 39.6 Å². The fourth-order valence-corrected chi connectivity index (χ4v) is 11.8. The standard InChI is InChI=1S/C20H46O7Si2.3CH4/c1-19(13-21,14-22)17-25-9-7-11-28(3,4)27-29(5,6)12-8-10-26-18-20(2,15-23)16-24;;;/h21-24H,7-18H2,1-6H3;3*1H4. The fraction of sp³-hybridized carbons (Fsp3) is 1.00. The third-order valence-electron chi connectivity index (χ3n) is 5.12. The van der Waals surface area contributed by atoms with Crippen molar-refractivity contribution in [1.82, 2.24) is 0 Å². The predicted molar refractivity (Wildman–Crippen MR) is 141 cm³/mol. The van der Waals surface area contributed by atoms with Crippen LogP contribution in [0.4, 0.5) is 0 Å². The van der Waals surface area contributed by atoms with E-state index in [1.165, 1.54) is 0 Å². The van der Waals surface area contributed by atoms with Crippen molar-refractivity contribution in [3.63, 3.8) is 0 Å². The lowest BCUT2D eigenvalue weighted by Crippen LogP contribution is -2.44. The Labute approximate surface area is 201 Å². The van der Waals surface area contributed by atoms with Gasteiger partial charge in [0, 0.05) is 24.0 Å². The number of aliphatic hydroxyl groups is 4. The van der Waals surface area contributed by atoms with Gasteiger partial charge in [0.1, 0.15) is 0 Å². The van der Waals surface area contributed by atoms with Crippen LogP contribution in [0.5, 0.6) is 0 Å². The molecular formula is C23H58O7Si2. The number of hydrogen-bond donors (Lipinski definition) is 4. The molecule has 0 aromatic rings. The summed E-state index contributed by atoms with van der Waals surface area (Å²) < 4.78 is 17.9. The van der Waals surface area contributed by atoms with Gasteiger partial charge in [-0.1, -0.05) is 36.1 Å². The second kappa shape index (κ2) is 18.5. The molecule has 0 aliphatic heterocycles. The summed E-state index contributed by atoms with van der Waals surface area (Å²) in [4.78, 5) is 0. The van der Waals surface area contributed by atoms with Gasteiger partial charge in [-0.25, -0.2) is 0 Å². The number of hydrogen-bond acceptors (Lipinski definition) is 7. The molecule has 0 bridgehead atoms. The number of aliphatic hydroxyl groups excluding tert-OH is 4. The molecule has 0 amide bonds. The Morgan fingerprint density at radius 1 is 0.594 bits per heavy atom. The van der Waals surface area contributed by atoms with Crippen LogP contribution in [-0.2, 0) is 13.6 Å². The molecular weight excluding hydrogens is 444 g/mol. The first kappa shape index (κ1) is 39.4. The van der Waals surface area contributed by atoms with E-state index in [1.807, 2.05) is 0 Å². The van der Waals surface area contributed by atoms with E-state index >= 15 is 0 Å². The molecule has 0 aromatic carbocycles. The molecule has 0 spiro atoms. The summed E-state index contributed by atoms with van der Waals surface area (Å²) >= 11 is 0. The molecule has 0 saturated heterocycles. The van der Waals surface area contributed by atoms with Crippen molar-refractivity contribution in [3.05, 3.63) is 0 Å². The van der Waals surface area contributed by atoms with Crippen molar-refractivity contribution >= 4 is 16.6 Å². The van der Waals surface area contributed by atoms with Gasteiger partial charge in [0.15, 0.2) is 16.6 Å². The van der Waals surface area contributed by atoms with Crippen molar-refractivity contribution < 1.29 is 34.0 Å². The molecule has 0 heterocycles. The summed E-state index contributed by atoms with van der Waals surface area (Å²) in [7, 11) is -3.57. The van der Waals surface area contributed by atoms with Gasteiger partial charge in [0.25, 0.3) is 0 Å². The zero-order valence-electron chi connectivity index (χ0n) is 19.5. The summed E-state index contributed by atoms with van der Waals surface area (Å²) in [6, 6.07) is 2.03. The van der Waals surface area contributed by atoms with Crippen molar-refractivity contribution in [2.45, 2.75) is 87.2 Å². The Bertz CT molecular complexity index is 389. The van der Waals surface area contributed by atoms with E-state index in [2.05, 4.69) is 26.2 Å². The Balaban J connectivity index is -0.00000131. The molecule has 0 atom stereocenters. The van der Waals surface area contributed by atoms with Crippen LogP contribution in [0.1, 0.15) is 49.0 Å². The molecule has 0 aromatic heterocycles. The highest BCUT2D eigenvalue weighted by Gasteiger charge is 2.32. The van der Waals surface area contributed by atoms with E-state index < -0.39 is 27.5 Å². The smallest absolute Gasteiger partial charge is 0.173 e. The first-order valence-electron chi connectivity index (χ1n) is 10.7. The summed E-state index contributed by atoms with van der Waals surface area (Å²) in [6.07, 6.45) is 1.83. The maximum Gasteiger partial charge on any atom is 0.173 e. The van der Waals surface area contributed by atoms with E-state index in [4.69, 9.17) is 13.6 Å². The Kier molecular flexibility index (Phi) is 22.7. The molecule has 7 nitrogen and oxygen atoms in total. The minimum atomic E-state index is -1.79. The van der Waals surface area contributed by atoms with Crippen molar-refractivity contribution in [1.29, 1.82) is 0 Å². The summed E-state index contributed by atoms with van der Waals surface area (Å²) in [5.74, 6) is 0. The average Bonchev–Trinajstić information content (AvgIpc) is 2.65. The predicted octanol–water partition coefficient (Wildman–Crippen LogP) is 4.12. The van der Waals surface area contributed by atoms with E-state index in [9.17, 15) is 20.4 Å². The van der Waals surface area contributed by atoms with E-state index in [0.717, 1.165) is 24.9 Å². The van der Waals surface area contributed by atoms with Crippen LogP contribution in [0, 0.1) is 10.8 Å². The van der Waals surface area contributed by atoms with Crippen LogP contribution < -0.4 is 0 Å². The second-order valence-electron chi connectivity index (χ2n) is 10.2. The second-order valence-corrected chi connectivity index (χ2v) is 19.0. The van der Waals surface area contributed by atoms with Gasteiger partial charge in [0.2, 0.25) is 0 Å². The van der Waals surface area contributed by atoms with Gasteiger partial charge in [-0.05, 0) is 51.1 Å². The molecule has 4 N–H and O–H groups in total. The average molecular weight is 503 g/mol. The molecule has 0 aliphatic rings. The van der Waals surface area contributed by atoms with Crippen molar-refractivity contribution in [2.75, 3.05) is 52.9 Å². The first-order chi connectivity index (χ1) is 13.4. The molecule has 0 radical (unpaired) electrons. The SMILES string of the molecule is C.C.C.CC(CO)(CO)COCCC[Si](C)(C)O[Si](C)(C)CCCOCC(C)(CO)CO. The van der Waals surface area contributed by atoms with Gasteiger partial charge < -0.3 is 34.0 Å². The van der Waals surface area contributed by atoms with Crippen molar-refractivity contribution in [2.24, 2.45) is 10.8 Å². The fourth-order valence-electron chi connectivity index (χ4n) is 2.97. The number of rotatable bonds is 18. The van der Waals surface area contributed by atoms with Crippen LogP contribution >= 0.6 is 0 Å². The Morgan fingerprint density at radius 2 is 0.875 bits per heavy atom. The quantitative estimate of drug-likeness (QED) is 0.165. The zero-order chi connectivity index (χ0) is 22.6. The monoisotopic (exact) mass is 502 g/mol. The maximum absolute atomic E-state index is 9.29. The minimum Gasteiger partial charge on any atom is -0.455 e. The highest BCUT2D eigenvalue weighted by atomic mass is 28.4. The van der Waals surface area contributed by atoms with E-state index in [0.29, 0.717) is 26.4 Å². The van der Waals surface area contributed by atoms with Gasteiger partial charge in [-0.3, -0.25) is 0 Å². The normalized spacial score (nSPS) is 12.6. The lowest BCUT2D eigenvalue weighted by atomic mass is 9.95. The van der Waals surface area contributed by atoms with E-state index in [1.54, 1.807) is 13.8 Å². The van der Waals surface area contributed by atoms with Gasteiger partial charge in [-0.15, -0.1) is 0 Å². The van der Waals surface area contributed by atoms with Crippen LogP contribution in [0.3, 0.4) is 0 Å². The van der Waals surface area contributed by atoms with Crippen LogP contribution in [0.15, 0.2) is 0 Å². The topological polar surface area (TPSA) is 109 Å². The third-order valence-corrected chi connectivity index (χ3v) is 12.7. The third kappa shape index (κ3) is 17.6. The molecule has 0 saturated carbocycles. The molecule has 0 unspecified atom stereocenters. The molecule has 0 fully saturated rings. The molecule has 32 heavy (non-hydrogen) atoms. The van der Waals surface area contributed by atoms with Crippen LogP contribution in [0.25, 0.3) is 0 Å². The molecule has 0 aliphatic carbocycles. The molecule has 200 valence electrons.